The van der Waals surface area contributed by atoms with Crippen molar-refractivity contribution in [1.82, 2.24) is 15.3 Å². The lowest BCUT2D eigenvalue weighted by molar-refractivity contribution is 0.111. The van der Waals surface area contributed by atoms with E-state index in [0.717, 1.165) is 56.2 Å². The first-order chi connectivity index (χ1) is 10.2. The lowest BCUT2D eigenvalue weighted by atomic mass is 10.0. The fourth-order valence-electron chi connectivity index (χ4n) is 2.28. The quantitative estimate of drug-likeness (QED) is 0.670. The fourth-order valence-corrected chi connectivity index (χ4v) is 2.28. The Hall–Kier alpha value is -1.04. The summed E-state index contributed by atoms with van der Waals surface area (Å²) in [7, 11) is 3.41. The van der Waals surface area contributed by atoms with Gasteiger partial charge in [-0.05, 0) is 38.3 Å². The van der Waals surface area contributed by atoms with Crippen LogP contribution in [-0.2, 0) is 28.7 Å². The molecular weight excluding hydrogens is 266 g/mol. The molecule has 1 atom stereocenters. The van der Waals surface area contributed by atoms with Crippen LogP contribution >= 0.6 is 0 Å². The average Bonchev–Trinajstić information content (AvgIpc) is 2.53. The smallest absolute Gasteiger partial charge is 0.157 e. The van der Waals surface area contributed by atoms with Crippen LogP contribution in [0.4, 0.5) is 0 Å². The first-order valence-corrected chi connectivity index (χ1v) is 7.78. The van der Waals surface area contributed by atoms with Crippen molar-refractivity contribution < 1.29 is 9.47 Å². The highest BCUT2D eigenvalue weighted by molar-refractivity contribution is 5.27. The predicted molar refractivity (Wildman–Crippen MR) is 84.7 cm³/mol. The maximum absolute atomic E-state index is 5.35. The Kier molecular flexibility index (Phi) is 8.42. The fraction of sp³-hybridized carbons (Fsp3) is 0.750. The van der Waals surface area contributed by atoms with Crippen molar-refractivity contribution in [1.29, 1.82) is 0 Å². The second-order valence-corrected chi connectivity index (χ2v) is 5.03. The van der Waals surface area contributed by atoms with E-state index in [1.807, 2.05) is 6.92 Å². The summed E-state index contributed by atoms with van der Waals surface area (Å²) in [6, 6.07) is 0. The number of hydrogen-bond donors (Lipinski definition) is 1. The van der Waals surface area contributed by atoms with Gasteiger partial charge < -0.3 is 14.8 Å². The van der Waals surface area contributed by atoms with E-state index in [1.54, 1.807) is 14.2 Å². The van der Waals surface area contributed by atoms with Gasteiger partial charge in [0.1, 0.15) is 6.10 Å². The zero-order valence-corrected chi connectivity index (χ0v) is 14.0. The second-order valence-electron chi connectivity index (χ2n) is 5.03. The van der Waals surface area contributed by atoms with E-state index in [4.69, 9.17) is 19.4 Å². The van der Waals surface area contributed by atoms with E-state index in [1.165, 1.54) is 5.56 Å². The van der Waals surface area contributed by atoms with E-state index in [9.17, 15) is 0 Å². The maximum Gasteiger partial charge on any atom is 0.157 e. The van der Waals surface area contributed by atoms with Gasteiger partial charge in [0.25, 0.3) is 0 Å². The van der Waals surface area contributed by atoms with Crippen LogP contribution in [0.3, 0.4) is 0 Å². The van der Waals surface area contributed by atoms with Gasteiger partial charge in [-0.25, -0.2) is 9.97 Å². The number of rotatable bonds is 10. The minimum absolute atomic E-state index is 0.0607. The van der Waals surface area contributed by atoms with Crippen LogP contribution in [0.1, 0.15) is 49.7 Å². The Labute approximate surface area is 128 Å². The molecule has 0 fully saturated rings. The normalized spacial score (nSPS) is 12.6. The first kappa shape index (κ1) is 18.0. The molecule has 1 N–H and O–H groups in total. The Morgan fingerprint density at radius 2 is 1.67 bits per heavy atom. The van der Waals surface area contributed by atoms with E-state index in [0.29, 0.717) is 0 Å². The summed E-state index contributed by atoms with van der Waals surface area (Å²) >= 11 is 0. The number of hydrogen-bond acceptors (Lipinski definition) is 5. The topological polar surface area (TPSA) is 56.3 Å². The van der Waals surface area contributed by atoms with E-state index >= 15 is 0 Å². The van der Waals surface area contributed by atoms with Gasteiger partial charge in [-0.1, -0.05) is 13.8 Å². The van der Waals surface area contributed by atoms with Crippen molar-refractivity contribution in [2.75, 3.05) is 33.9 Å². The molecule has 0 radical (unpaired) electrons. The van der Waals surface area contributed by atoms with Gasteiger partial charge in [-0.3, -0.25) is 0 Å². The molecule has 1 heterocycles. The van der Waals surface area contributed by atoms with Crippen LogP contribution < -0.4 is 5.32 Å². The largest absolute Gasteiger partial charge is 0.383 e. The first-order valence-electron chi connectivity index (χ1n) is 7.78. The number of nitrogens with zero attached hydrogens (tertiary/aromatic N) is 2. The zero-order valence-electron chi connectivity index (χ0n) is 14.0. The van der Waals surface area contributed by atoms with E-state index in [2.05, 4.69) is 19.2 Å². The number of methoxy groups -OCH3 is 2. The van der Waals surface area contributed by atoms with Crippen LogP contribution in [0, 0.1) is 0 Å². The van der Waals surface area contributed by atoms with Gasteiger partial charge in [0.15, 0.2) is 5.82 Å². The number of ether oxygens (including phenoxy) is 2. The Bertz CT molecular complexity index is 399. The third-order valence-electron chi connectivity index (χ3n) is 3.62. The lowest BCUT2D eigenvalue weighted by Gasteiger charge is -2.16. The van der Waals surface area contributed by atoms with Crippen molar-refractivity contribution in [2.45, 2.75) is 46.1 Å². The lowest BCUT2D eigenvalue weighted by Crippen LogP contribution is -2.23. The number of nitrogens with one attached hydrogen (secondary N) is 1. The molecular formula is C16H29N3O2. The molecule has 120 valence electrons. The summed E-state index contributed by atoms with van der Waals surface area (Å²) in [6.07, 6.45) is 2.74. The molecule has 5 heteroatoms. The van der Waals surface area contributed by atoms with Crippen molar-refractivity contribution in [3.8, 4) is 0 Å². The molecule has 0 amide bonds. The standard InChI is InChI=1S/C16H29N3O2/c1-6-14-13(8-9-17-10-11-20-4)15(7-2)19-16(18-14)12(3)21-5/h12,17H,6-11H2,1-5H3. The molecule has 0 aromatic carbocycles. The highest BCUT2D eigenvalue weighted by atomic mass is 16.5. The molecule has 0 spiro atoms. The predicted octanol–water partition coefficient (Wildman–Crippen LogP) is 2.09. The van der Waals surface area contributed by atoms with Crippen LogP contribution in [0.25, 0.3) is 0 Å². The van der Waals surface area contributed by atoms with Crippen LogP contribution in [-0.4, -0.2) is 43.9 Å². The van der Waals surface area contributed by atoms with Gasteiger partial charge >= 0.3 is 0 Å². The van der Waals surface area contributed by atoms with Gasteiger partial charge in [-0.15, -0.1) is 0 Å². The molecule has 21 heavy (non-hydrogen) atoms. The highest BCUT2D eigenvalue weighted by Gasteiger charge is 2.15. The minimum Gasteiger partial charge on any atom is -0.383 e. The van der Waals surface area contributed by atoms with E-state index in [-0.39, 0.29) is 6.10 Å². The van der Waals surface area contributed by atoms with Gasteiger partial charge in [0.05, 0.1) is 6.61 Å². The van der Waals surface area contributed by atoms with Crippen molar-refractivity contribution in [3.05, 3.63) is 22.8 Å². The third-order valence-corrected chi connectivity index (χ3v) is 3.62. The van der Waals surface area contributed by atoms with Crippen molar-refractivity contribution >= 4 is 0 Å². The van der Waals surface area contributed by atoms with Crippen LogP contribution in [0.2, 0.25) is 0 Å². The van der Waals surface area contributed by atoms with Crippen LogP contribution in [0.5, 0.6) is 0 Å². The summed E-state index contributed by atoms with van der Waals surface area (Å²) < 4.78 is 10.4. The second kappa shape index (κ2) is 9.82. The summed E-state index contributed by atoms with van der Waals surface area (Å²) in [6.45, 7) is 8.81. The summed E-state index contributed by atoms with van der Waals surface area (Å²) in [5, 5.41) is 3.38. The molecule has 0 aliphatic carbocycles. The van der Waals surface area contributed by atoms with Gasteiger partial charge in [-0.2, -0.15) is 0 Å². The Morgan fingerprint density at radius 1 is 1.05 bits per heavy atom. The minimum atomic E-state index is -0.0607. The average molecular weight is 295 g/mol. The Morgan fingerprint density at radius 3 is 2.14 bits per heavy atom. The highest BCUT2D eigenvalue weighted by Crippen LogP contribution is 2.18. The molecule has 1 unspecified atom stereocenters. The van der Waals surface area contributed by atoms with Gasteiger partial charge in [0, 0.05) is 32.2 Å². The molecule has 5 nitrogen and oxygen atoms in total. The monoisotopic (exact) mass is 295 g/mol. The third kappa shape index (κ3) is 5.34. The zero-order chi connectivity index (χ0) is 15.7. The van der Waals surface area contributed by atoms with Crippen molar-refractivity contribution in [2.24, 2.45) is 0 Å². The summed E-state index contributed by atoms with van der Waals surface area (Å²) in [5.41, 5.74) is 3.58. The Balaban J connectivity index is 2.85. The molecule has 0 aliphatic rings. The van der Waals surface area contributed by atoms with Gasteiger partial charge in [0.2, 0.25) is 0 Å². The number of aryl methyl sites for hydroxylation is 2. The van der Waals surface area contributed by atoms with Crippen molar-refractivity contribution in [3.63, 3.8) is 0 Å². The maximum atomic E-state index is 5.35. The summed E-state index contributed by atoms with van der Waals surface area (Å²) in [5.74, 6) is 0.794. The summed E-state index contributed by atoms with van der Waals surface area (Å²) in [4.78, 5) is 9.39. The molecule has 1 rings (SSSR count). The molecule has 0 saturated heterocycles. The van der Waals surface area contributed by atoms with E-state index < -0.39 is 0 Å². The SMILES string of the molecule is CCc1nc(C(C)OC)nc(CC)c1CCNCCOC. The van der Waals surface area contributed by atoms with Crippen LogP contribution in [0.15, 0.2) is 0 Å². The number of aromatic nitrogens is 2. The molecule has 0 bridgehead atoms. The molecule has 0 aliphatic heterocycles. The molecule has 0 saturated carbocycles. The molecule has 1 aromatic rings. The molecule has 1 aromatic heterocycles.